The number of ether oxygens (including phenoxy) is 1. The van der Waals surface area contributed by atoms with E-state index in [0.717, 1.165) is 6.42 Å². The van der Waals surface area contributed by atoms with Gasteiger partial charge in [-0.05, 0) is 26.8 Å². The molecule has 0 spiro atoms. The molecule has 17 heavy (non-hydrogen) atoms. The van der Waals surface area contributed by atoms with Crippen LogP contribution in [0.2, 0.25) is 0 Å². The number of hydrogen-bond donors (Lipinski definition) is 1. The minimum Gasteiger partial charge on any atom is -0.461 e. The highest BCUT2D eigenvalue weighted by molar-refractivity contribution is 5.77. The molecule has 1 aromatic heterocycles. The van der Waals surface area contributed by atoms with E-state index < -0.39 is 0 Å². The number of cyclic esters (lactones) is 1. The molecule has 4 atom stereocenters. The molecule has 2 rings (SSSR count). The number of rotatable bonds is 4. The standard InChI is InChI=1S/C12H19N3O2/c1-8-7-11(12(16)17-8)14-9(2)10(3)15-6-4-5-13-15/h4-6,8-11,14H,7H2,1-3H3/t8-,9+,10-,11+/m1/s1. The lowest BCUT2D eigenvalue weighted by atomic mass is 10.1. The fourth-order valence-corrected chi connectivity index (χ4v) is 2.10. The van der Waals surface area contributed by atoms with Gasteiger partial charge in [-0.25, -0.2) is 0 Å². The fraction of sp³-hybridized carbons (Fsp3) is 0.667. The number of aromatic nitrogens is 2. The zero-order valence-electron chi connectivity index (χ0n) is 10.5. The van der Waals surface area contributed by atoms with Gasteiger partial charge in [-0.15, -0.1) is 0 Å². The molecule has 0 radical (unpaired) electrons. The SMILES string of the molecule is C[C@@H]1C[C@H](N[C@@H](C)[C@@H](C)n2cccn2)C(=O)O1. The number of esters is 1. The maximum absolute atomic E-state index is 11.5. The minimum absolute atomic E-state index is 0.0206. The summed E-state index contributed by atoms with van der Waals surface area (Å²) in [6.07, 6.45) is 4.45. The van der Waals surface area contributed by atoms with Gasteiger partial charge in [0.15, 0.2) is 0 Å². The van der Waals surface area contributed by atoms with E-state index in [1.165, 1.54) is 0 Å². The van der Waals surface area contributed by atoms with Crippen molar-refractivity contribution >= 4 is 5.97 Å². The second-order valence-corrected chi connectivity index (χ2v) is 4.72. The molecule has 0 aliphatic carbocycles. The van der Waals surface area contributed by atoms with E-state index in [-0.39, 0.29) is 30.2 Å². The van der Waals surface area contributed by atoms with Crippen molar-refractivity contribution in [2.75, 3.05) is 0 Å². The van der Waals surface area contributed by atoms with Crippen LogP contribution in [0.3, 0.4) is 0 Å². The van der Waals surface area contributed by atoms with Gasteiger partial charge in [0, 0.05) is 24.9 Å². The van der Waals surface area contributed by atoms with Crippen molar-refractivity contribution in [3.05, 3.63) is 18.5 Å². The molecule has 1 aromatic rings. The van der Waals surface area contributed by atoms with E-state index in [1.54, 1.807) is 6.20 Å². The highest BCUT2D eigenvalue weighted by atomic mass is 16.6. The van der Waals surface area contributed by atoms with Crippen LogP contribution in [0.1, 0.15) is 33.2 Å². The summed E-state index contributed by atoms with van der Waals surface area (Å²) in [5.74, 6) is -0.142. The first-order chi connectivity index (χ1) is 8.08. The van der Waals surface area contributed by atoms with Crippen molar-refractivity contribution in [2.45, 2.75) is 51.4 Å². The molecular formula is C12H19N3O2. The van der Waals surface area contributed by atoms with Gasteiger partial charge in [-0.3, -0.25) is 14.8 Å². The Balaban J connectivity index is 1.93. The Labute approximate surface area is 101 Å². The molecule has 5 heteroatoms. The van der Waals surface area contributed by atoms with E-state index in [4.69, 9.17) is 4.74 Å². The average Bonchev–Trinajstić information content (AvgIpc) is 2.88. The Morgan fingerprint density at radius 3 is 2.88 bits per heavy atom. The number of nitrogens with one attached hydrogen (secondary N) is 1. The van der Waals surface area contributed by atoms with Crippen molar-refractivity contribution in [1.82, 2.24) is 15.1 Å². The smallest absolute Gasteiger partial charge is 0.323 e. The fourth-order valence-electron chi connectivity index (χ4n) is 2.10. The highest BCUT2D eigenvalue weighted by Gasteiger charge is 2.33. The van der Waals surface area contributed by atoms with Gasteiger partial charge in [-0.2, -0.15) is 5.10 Å². The van der Waals surface area contributed by atoms with Crippen LogP contribution in [0.5, 0.6) is 0 Å². The first-order valence-electron chi connectivity index (χ1n) is 6.03. The molecule has 2 heterocycles. The Hall–Kier alpha value is -1.36. The molecule has 5 nitrogen and oxygen atoms in total. The lowest BCUT2D eigenvalue weighted by Crippen LogP contribution is -2.43. The van der Waals surface area contributed by atoms with Crippen molar-refractivity contribution in [3.63, 3.8) is 0 Å². The molecule has 1 fully saturated rings. The summed E-state index contributed by atoms with van der Waals surface area (Å²) in [5.41, 5.74) is 0. The van der Waals surface area contributed by atoms with Crippen molar-refractivity contribution in [3.8, 4) is 0 Å². The van der Waals surface area contributed by atoms with Gasteiger partial charge in [0.05, 0.1) is 6.04 Å². The molecule has 0 aromatic carbocycles. The van der Waals surface area contributed by atoms with Crippen LogP contribution >= 0.6 is 0 Å². The van der Waals surface area contributed by atoms with E-state index in [9.17, 15) is 4.79 Å². The van der Waals surface area contributed by atoms with Crippen LogP contribution in [0.4, 0.5) is 0 Å². The average molecular weight is 237 g/mol. The number of carbonyl (C=O) groups is 1. The van der Waals surface area contributed by atoms with E-state index >= 15 is 0 Å². The largest absolute Gasteiger partial charge is 0.461 e. The van der Waals surface area contributed by atoms with Crippen LogP contribution in [0.25, 0.3) is 0 Å². The van der Waals surface area contributed by atoms with Crippen LogP contribution < -0.4 is 5.32 Å². The zero-order valence-corrected chi connectivity index (χ0v) is 10.5. The number of carbonyl (C=O) groups excluding carboxylic acids is 1. The van der Waals surface area contributed by atoms with Gasteiger partial charge in [0.2, 0.25) is 0 Å². The maximum Gasteiger partial charge on any atom is 0.323 e. The van der Waals surface area contributed by atoms with Crippen molar-refractivity contribution in [1.29, 1.82) is 0 Å². The molecule has 0 saturated carbocycles. The molecule has 1 aliphatic rings. The molecule has 0 unspecified atom stereocenters. The van der Waals surface area contributed by atoms with Crippen LogP contribution in [0.15, 0.2) is 18.5 Å². The first kappa shape index (κ1) is 12.1. The van der Waals surface area contributed by atoms with Crippen molar-refractivity contribution in [2.24, 2.45) is 0 Å². The van der Waals surface area contributed by atoms with Gasteiger partial charge >= 0.3 is 5.97 Å². The predicted molar refractivity (Wildman–Crippen MR) is 63.5 cm³/mol. The molecule has 0 amide bonds. The van der Waals surface area contributed by atoms with Gasteiger partial charge in [0.25, 0.3) is 0 Å². The molecule has 1 N–H and O–H groups in total. The summed E-state index contributed by atoms with van der Waals surface area (Å²) in [4.78, 5) is 11.5. The Bertz CT molecular complexity index is 377. The predicted octanol–water partition coefficient (Wildman–Crippen LogP) is 1.13. The Kier molecular flexibility index (Phi) is 3.47. The Morgan fingerprint density at radius 2 is 2.35 bits per heavy atom. The molecule has 94 valence electrons. The monoisotopic (exact) mass is 237 g/mol. The second kappa shape index (κ2) is 4.87. The summed E-state index contributed by atoms with van der Waals surface area (Å²) in [7, 11) is 0. The lowest BCUT2D eigenvalue weighted by molar-refractivity contribution is -0.142. The third kappa shape index (κ3) is 2.66. The highest BCUT2D eigenvalue weighted by Crippen LogP contribution is 2.17. The number of nitrogens with zero attached hydrogens (tertiary/aromatic N) is 2. The molecule has 0 bridgehead atoms. The topological polar surface area (TPSA) is 56.2 Å². The second-order valence-electron chi connectivity index (χ2n) is 4.72. The summed E-state index contributed by atoms with van der Waals surface area (Å²) in [6, 6.07) is 2.08. The minimum atomic E-state index is -0.182. The summed E-state index contributed by atoms with van der Waals surface area (Å²) in [5, 5.41) is 7.52. The van der Waals surface area contributed by atoms with Gasteiger partial charge < -0.3 is 4.74 Å². The zero-order chi connectivity index (χ0) is 12.4. The van der Waals surface area contributed by atoms with E-state index in [2.05, 4.69) is 24.3 Å². The molecule has 1 saturated heterocycles. The molecule has 1 aliphatic heterocycles. The van der Waals surface area contributed by atoms with E-state index in [1.807, 2.05) is 23.9 Å². The first-order valence-corrected chi connectivity index (χ1v) is 6.03. The van der Waals surface area contributed by atoms with Gasteiger partial charge in [0.1, 0.15) is 12.1 Å². The summed E-state index contributed by atoms with van der Waals surface area (Å²) >= 11 is 0. The Morgan fingerprint density at radius 1 is 1.59 bits per heavy atom. The van der Waals surface area contributed by atoms with E-state index in [0.29, 0.717) is 0 Å². The summed E-state index contributed by atoms with van der Waals surface area (Å²) < 4.78 is 7.01. The molecular weight excluding hydrogens is 218 g/mol. The third-order valence-electron chi connectivity index (χ3n) is 3.30. The summed E-state index contributed by atoms with van der Waals surface area (Å²) in [6.45, 7) is 6.05. The third-order valence-corrected chi connectivity index (χ3v) is 3.30. The number of hydrogen-bond acceptors (Lipinski definition) is 4. The quantitative estimate of drug-likeness (QED) is 0.797. The maximum atomic E-state index is 11.5. The normalized spacial score (nSPS) is 27.8. The van der Waals surface area contributed by atoms with Crippen LogP contribution in [-0.4, -0.2) is 33.9 Å². The van der Waals surface area contributed by atoms with Crippen LogP contribution in [-0.2, 0) is 9.53 Å². The van der Waals surface area contributed by atoms with Crippen molar-refractivity contribution < 1.29 is 9.53 Å². The lowest BCUT2D eigenvalue weighted by Gasteiger charge is -2.23. The van der Waals surface area contributed by atoms with Gasteiger partial charge in [-0.1, -0.05) is 0 Å². The van der Waals surface area contributed by atoms with Crippen LogP contribution in [0, 0.1) is 0 Å².